The van der Waals surface area contributed by atoms with Crippen LogP contribution in [0.4, 0.5) is 0 Å². The Morgan fingerprint density at radius 2 is 1.25 bits per heavy atom. The molecule has 0 spiro atoms. The highest BCUT2D eigenvalue weighted by molar-refractivity contribution is 6.18. The molecule has 8 rings (SSSR count). The van der Waals surface area contributed by atoms with Crippen LogP contribution in [0, 0.1) is 0 Å². The molecule has 2 aromatic heterocycles. The third kappa shape index (κ3) is 5.20. The van der Waals surface area contributed by atoms with E-state index < -0.39 is 0 Å². The molecule has 0 N–H and O–H groups in total. The summed E-state index contributed by atoms with van der Waals surface area (Å²) in [6.45, 7) is 5.79. The summed E-state index contributed by atoms with van der Waals surface area (Å²) in [5.41, 5.74) is 8.50. The Labute approximate surface area is 279 Å². The van der Waals surface area contributed by atoms with E-state index in [0.717, 1.165) is 33.5 Å². The first kappa shape index (κ1) is 29.0. The number of aromatic nitrogens is 4. The van der Waals surface area contributed by atoms with Gasteiger partial charge >= 0.3 is 0 Å². The largest absolute Gasteiger partial charge is 0.309 e. The lowest BCUT2D eigenvalue weighted by Crippen LogP contribution is -2.02. The Morgan fingerprint density at radius 3 is 2.06 bits per heavy atom. The van der Waals surface area contributed by atoms with Gasteiger partial charge in [-0.05, 0) is 47.2 Å². The zero-order valence-corrected chi connectivity index (χ0v) is 26.6. The molecular weight excluding hydrogens is 585 g/mol. The van der Waals surface area contributed by atoms with Gasteiger partial charge in [0.05, 0.1) is 11.0 Å². The minimum absolute atomic E-state index is 0.632. The number of fused-ring (bicyclic) bond motifs is 5. The maximum Gasteiger partial charge on any atom is 0.164 e. The molecule has 0 fully saturated rings. The van der Waals surface area contributed by atoms with Gasteiger partial charge in [0.2, 0.25) is 0 Å². The van der Waals surface area contributed by atoms with Crippen molar-refractivity contribution in [1.82, 2.24) is 19.5 Å². The summed E-state index contributed by atoms with van der Waals surface area (Å²) in [5.74, 6) is 1.91. The average Bonchev–Trinajstić information content (AvgIpc) is 3.50. The van der Waals surface area contributed by atoms with E-state index >= 15 is 0 Å². The molecule has 0 atom stereocenters. The fourth-order valence-corrected chi connectivity index (χ4v) is 6.46. The van der Waals surface area contributed by atoms with E-state index in [0.29, 0.717) is 17.5 Å². The van der Waals surface area contributed by atoms with Crippen LogP contribution < -0.4 is 0 Å². The molecule has 8 aromatic rings. The average molecular weight is 617 g/mol. The molecule has 0 bridgehead atoms. The van der Waals surface area contributed by atoms with Gasteiger partial charge in [-0.2, -0.15) is 0 Å². The van der Waals surface area contributed by atoms with Crippen molar-refractivity contribution < 1.29 is 0 Å². The maximum absolute atomic E-state index is 5.01. The lowest BCUT2D eigenvalue weighted by atomic mass is 9.98. The van der Waals surface area contributed by atoms with Gasteiger partial charge in [-0.15, -0.1) is 0 Å². The number of hydrogen-bond donors (Lipinski definition) is 0. The van der Waals surface area contributed by atoms with E-state index in [1.54, 1.807) is 6.08 Å². The minimum atomic E-state index is 0.632. The molecule has 4 nitrogen and oxygen atoms in total. The monoisotopic (exact) mass is 616 g/mol. The van der Waals surface area contributed by atoms with Crippen LogP contribution in [0.3, 0.4) is 0 Å². The first-order valence-corrected chi connectivity index (χ1v) is 16.1. The molecule has 0 aliphatic rings. The molecule has 6 aromatic carbocycles. The van der Waals surface area contributed by atoms with E-state index in [1.165, 1.54) is 32.6 Å². The van der Waals surface area contributed by atoms with Gasteiger partial charge in [0, 0.05) is 33.0 Å². The number of para-hydroxylation sites is 1. The number of benzene rings is 6. The summed E-state index contributed by atoms with van der Waals surface area (Å²) in [6.07, 6.45) is 7.59. The SMILES string of the molecule is C=C/C=C\C=C(/C)c1nc(-c2ccccc2)nc(-c2ccccc2-c2ccc(-n3c4ccccc4c4ccc5ccccc5c43)cc2)n1. The van der Waals surface area contributed by atoms with Crippen LogP contribution in [0.5, 0.6) is 0 Å². The fourth-order valence-electron chi connectivity index (χ4n) is 6.46. The van der Waals surface area contributed by atoms with E-state index in [2.05, 4.69) is 114 Å². The smallest absolute Gasteiger partial charge is 0.164 e. The van der Waals surface area contributed by atoms with Crippen LogP contribution in [-0.4, -0.2) is 19.5 Å². The highest BCUT2D eigenvalue weighted by Gasteiger charge is 2.17. The predicted molar refractivity (Wildman–Crippen MR) is 201 cm³/mol. The third-order valence-electron chi connectivity index (χ3n) is 8.78. The van der Waals surface area contributed by atoms with Crippen LogP contribution in [-0.2, 0) is 0 Å². The number of allylic oxidation sites excluding steroid dienone is 5. The van der Waals surface area contributed by atoms with Crippen LogP contribution >= 0.6 is 0 Å². The van der Waals surface area contributed by atoms with Crippen LogP contribution in [0.1, 0.15) is 12.7 Å². The Kier molecular flexibility index (Phi) is 7.52. The van der Waals surface area contributed by atoms with Gasteiger partial charge in [0.25, 0.3) is 0 Å². The molecule has 2 heterocycles. The second-order valence-electron chi connectivity index (χ2n) is 11.8. The van der Waals surface area contributed by atoms with Gasteiger partial charge in [-0.3, -0.25) is 0 Å². The van der Waals surface area contributed by atoms with Gasteiger partial charge < -0.3 is 4.57 Å². The number of nitrogens with zero attached hydrogens (tertiary/aromatic N) is 4. The van der Waals surface area contributed by atoms with Gasteiger partial charge in [-0.25, -0.2) is 15.0 Å². The topological polar surface area (TPSA) is 43.6 Å². The predicted octanol–water partition coefficient (Wildman–Crippen LogP) is 11.3. The van der Waals surface area contributed by atoms with Crippen molar-refractivity contribution in [2.24, 2.45) is 0 Å². The molecule has 0 unspecified atom stereocenters. The Hall–Kier alpha value is -6.39. The van der Waals surface area contributed by atoms with E-state index in [4.69, 9.17) is 15.0 Å². The Balaban J connectivity index is 1.27. The van der Waals surface area contributed by atoms with Crippen molar-refractivity contribution in [3.63, 3.8) is 0 Å². The van der Waals surface area contributed by atoms with Gasteiger partial charge in [-0.1, -0.05) is 152 Å². The second kappa shape index (κ2) is 12.4. The van der Waals surface area contributed by atoms with Gasteiger partial charge in [0.15, 0.2) is 17.5 Å². The number of hydrogen-bond acceptors (Lipinski definition) is 3. The second-order valence-corrected chi connectivity index (χ2v) is 11.8. The fraction of sp³-hybridized carbons (Fsp3) is 0.0227. The molecule has 0 aliphatic heterocycles. The lowest BCUT2D eigenvalue weighted by molar-refractivity contribution is 1.03. The molecule has 0 saturated carbocycles. The summed E-state index contributed by atoms with van der Waals surface area (Å²) < 4.78 is 2.39. The maximum atomic E-state index is 5.01. The molecule has 228 valence electrons. The molecule has 0 aliphatic carbocycles. The summed E-state index contributed by atoms with van der Waals surface area (Å²) in [7, 11) is 0. The highest BCUT2D eigenvalue weighted by Crippen LogP contribution is 2.38. The first-order valence-electron chi connectivity index (χ1n) is 16.1. The summed E-state index contributed by atoms with van der Waals surface area (Å²) in [6, 6.07) is 49.0. The van der Waals surface area contributed by atoms with E-state index in [-0.39, 0.29) is 0 Å². The van der Waals surface area contributed by atoms with Crippen LogP contribution in [0.25, 0.3) is 77.7 Å². The lowest BCUT2D eigenvalue weighted by Gasteiger charge is -2.13. The quantitative estimate of drug-likeness (QED) is 0.167. The van der Waals surface area contributed by atoms with E-state index in [1.807, 2.05) is 61.5 Å². The van der Waals surface area contributed by atoms with Crippen LogP contribution in [0.15, 0.2) is 170 Å². The molecular formula is C44H32N4. The summed E-state index contributed by atoms with van der Waals surface area (Å²) in [4.78, 5) is 14.9. The minimum Gasteiger partial charge on any atom is -0.309 e. The molecule has 4 heteroatoms. The van der Waals surface area contributed by atoms with Crippen molar-refractivity contribution >= 4 is 38.2 Å². The summed E-state index contributed by atoms with van der Waals surface area (Å²) in [5, 5.41) is 4.97. The zero-order valence-electron chi connectivity index (χ0n) is 26.6. The number of rotatable bonds is 7. The highest BCUT2D eigenvalue weighted by atomic mass is 15.0. The molecule has 0 amide bonds. The van der Waals surface area contributed by atoms with Gasteiger partial charge in [0.1, 0.15) is 0 Å². The van der Waals surface area contributed by atoms with E-state index in [9.17, 15) is 0 Å². The molecule has 0 radical (unpaired) electrons. The van der Waals surface area contributed by atoms with Crippen molar-refractivity contribution in [1.29, 1.82) is 0 Å². The first-order chi connectivity index (χ1) is 23.7. The zero-order chi connectivity index (χ0) is 32.5. The van der Waals surface area contributed by atoms with Crippen molar-refractivity contribution in [2.75, 3.05) is 0 Å². The van der Waals surface area contributed by atoms with Crippen molar-refractivity contribution in [3.8, 4) is 39.6 Å². The van der Waals surface area contributed by atoms with Crippen molar-refractivity contribution in [3.05, 3.63) is 176 Å². The summed E-state index contributed by atoms with van der Waals surface area (Å²) >= 11 is 0. The molecule has 0 saturated heterocycles. The van der Waals surface area contributed by atoms with Crippen molar-refractivity contribution in [2.45, 2.75) is 6.92 Å². The van der Waals surface area contributed by atoms with Crippen LogP contribution in [0.2, 0.25) is 0 Å². The molecule has 48 heavy (non-hydrogen) atoms. The third-order valence-corrected chi connectivity index (χ3v) is 8.78. The Morgan fingerprint density at radius 1 is 0.562 bits per heavy atom. The standard InChI is InChI=1S/C44H32N4/c1-3-4-6-15-30(2)42-45-43(33-17-7-5-8-18-33)47-44(46-42)39-22-12-11-19-35(39)32-24-27-34(28-25-32)48-40-23-14-13-21-37(40)38-29-26-31-16-9-10-20-36(31)41(38)48/h3-29H,1H2,2H3/b6-4-,30-15+. The Bertz CT molecular complexity index is 2520. The normalized spacial score (nSPS) is 12.0.